The number of carbonyl (C=O) groups excluding carboxylic acids is 3. The van der Waals surface area contributed by atoms with Crippen molar-refractivity contribution in [2.45, 2.75) is 11.5 Å². The largest absolute Gasteiger partial charge is 0.326 e. The van der Waals surface area contributed by atoms with Crippen molar-refractivity contribution < 1.29 is 14.4 Å². The van der Waals surface area contributed by atoms with Crippen molar-refractivity contribution in [3.63, 3.8) is 0 Å². The molecule has 1 aromatic carbocycles. The third-order valence-corrected chi connectivity index (χ3v) is 4.30. The van der Waals surface area contributed by atoms with E-state index < -0.39 is 17.4 Å². The van der Waals surface area contributed by atoms with E-state index in [2.05, 4.69) is 4.99 Å². The Bertz CT molecular complexity index is 684. The number of likely N-dealkylation sites (N-methyl/N-ethyl adjacent to an activating group) is 1. The normalized spacial score (nSPS) is 24.3. The van der Waals surface area contributed by atoms with Gasteiger partial charge in [0.1, 0.15) is 6.29 Å². The molecule has 1 fully saturated rings. The number of hydrogen-bond donors (Lipinski definition) is 0. The second-order valence-corrected chi connectivity index (χ2v) is 5.65. The Balaban J connectivity index is 2.02. The van der Waals surface area contributed by atoms with Crippen molar-refractivity contribution in [1.82, 2.24) is 9.80 Å². The van der Waals surface area contributed by atoms with Gasteiger partial charge >= 0.3 is 6.03 Å². The SMILES string of the molecule is CN1CCN(C(=O)C2(C(C=O)c3ccccc3)C=CC=N2)C1=O. The molecule has 0 spiro atoms. The molecule has 0 N–H and O–H groups in total. The average molecular weight is 311 g/mol. The van der Waals surface area contributed by atoms with Gasteiger partial charge in [0, 0.05) is 26.4 Å². The van der Waals surface area contributed by atoms with Gasteiger partial charge in [-0.1, -0.05) is 30.3 Å². The molecular formula is C17H17N3O3. The molecule has 3 rings (SSSR count). The molecule has 1 saturated heterocycles. The van der Waals surface area contributed by atoms with Crippen molar-refractivity contribution in [3.05, 3.63) is 48.0 Å². The quantitative estimate of drug-likeness (QED) is 0.786. The molecule has 2 aliphatic heterocycles. The summed E-state index contributed by atoms with van der Waals surface area (Å²) in [5.41, 5.74) is -0.691. The molecule has 2 heterocycles. The maximum absolute atomic E-state index is 13.1. The number of hydrogen-bond acceptors (Lipinski definition) is 4. The lowest BCUT2D eigenvalue weighted by molar-refractivity contribution is -0.133. The number of allylic oxidation sites excluding steroid dienone is 1. The van der Waals surface area contributed by atoms with Gasteiger partial charge in [0.15, 0.2) is 5.54 Å². The fourth-order valence-corrected chi connectivity index (χ4v) is 2.99. The second kappa shape index (κ2) is 5.79. The van der Waals surface area contributed by atoms with Crippen LogP contribution in [0.25, 0.3) is 0 Å². The molecule has 0 bridgehead atoms. The van der Waals surface area contributed by atoms with Crippen molar-refractivity contribution in [2.24, 2.45) is 4.99 Å². The number of benzene rings is 1. The summed E-state index contributed by atoms with van der Waals surface area (Å²) in [6.45, 7) is 0.783. The van der Waals surface area contributed by atoms with Crippen LogP contribution in [0.4, 0.5) is 4.79 Å². The predicted octanol–water partition coefficient (Wildman–Crippen LogP) is 1.24. The van der Waals surface area contributed by atoms with Gasteiger partial charge in [0.2, 0.25) is 0 Å². The van der Waals surface area contributed by atoms with Gasteiger partial charge in [0.05, 0.1) is 5.92 Å². The number of urea groups is 1. The Hall–Kier alpha value is -2.76. The minimum Gasteiger partial charge on any atom is -0.326 e. The molecule has 2 aliphatic rings. The maximum atomic E-state index is 13.1. The summed E-state index contributed by atoms with van der Waals surface area (Å²) >= 11 is 0. The monoisotopic (exact) mass is 311 g/mol. The number of rotatable bonds is 4. The summed E-state index contributed by atoms with van der Waals surface area (Å²) in [5.74, 6) is -1.23. The summed E-state index contributed by atoms with van der Waals surface area (Å²) in [7, 11) is 1.64. The molecule has 0 aliphatic carbocycles. The van der Waals surface area contributed by atoms with E-state index >= 15 is 0 Å². The highest BCUT2D eigenvalue weighted by Gasteiger charge is 2.50. The predicted molar refractivity (Wildman–Crippen MR) is 85.3 cm³/mol. The first-order chi connectivity index (χ1) is 11.1. The zero-order chi connectivity index (χ0) is 16.4. The van der Waals surface area contributed by atoms with E-state index in [1.165, 1.54) is 16.0 Å². The van der Waals surface area contributed by atoms with Crippen LogP contribution in [0, 0.1) is 0 Å². The lowest BCUT2D eigenvalue weighted by Gasteiger charge is -2.31. The summed E-state index contributed by atoms with van der Waals surface area (Å²) < 4.78 is 0. The van der Waals surface area contributed by atoms with E-state index in [1.54, 1.807) is 43.5 Å². The van der Waals surface area contributed by atoms with Gasteiger partial charge in [-0.05, 0) is 17.7 Å². The van der Waals surface area contributed by atoms with Crippen molar-refractivity contribution in [3.8, 4) is 0 Å². The summed E-state index contributed by atoms with van der Waals surface area (Å²) in [6, 6.07) is 8.67. The van der Waals surface area contributed by atoms with E-state index in [0.717, 1.165) is 6.29 Å². The van der Waals surface area contributed by atoms with Crippen LogP contribution < -0.4 is 0 Å². The fourth-order valence-electron chi connectivity index (χ4n) is 2.99. The van der Waals surface area contributed by atoms with Crippen LogP contribution in [0.15, 0.2) is 47.5 Å². The van der Waals surface area contributed by atoms with Gasteiger partial charge in [-0.25, -0.2) is 4.79 Å². The highest BCUT2D eigenvalue weighted by atomic mass is 16.2. The van der Waals surface area contributed by atoms with Gasteiger partial charge in [0.25, 0.3) is 5.91 Å². The van der Waals surface area contributed by atoms with Gasteiger partial charge in [-0.15, -0.1) is 0 Å². The van der Waals surface area contributed by atoms with Crippen molar-refractivity contribution in [1.29, 1.82) is 0 Å². The van der Waals surface area contributed by atoms with Crippen LogP contribution in [-0.2, 0) is 9.59 Å². The van der Waals surface area contributed by atoms with Crippen LogP contribution >= 0.6 is 0 Å². The lowest BCUT2D eigenvalue weighted by atomic mass is 9.79. The molecule has 0 radical (unpaired) electrons. The number of carbonyl (C=O) groups is 3. The van der Waals surface area contributed by atoms with Crippen LogP contribution in [-0.4, -0.2) is 59.9 Å². The number of aldehydes is 1. The Morgan fingerprint density at radius 2 is 2.04 bits per heavy atom. The maximum Gasteiger partial charge on any atom is 0.326 e. The summed E-state index contributed by atoms with van der Waals surface area (Å²) in [6.07, 6.45) is 5.47. The molecule has 23 heavy (non-hydrogen) atoms. The molecule has 6 nitrogen and oxygen atoms in total. The second-order valence-electron chi connectivity index (χ2n) is 5.65. The minimum absolute atomic E-state index is 0.305. The average Bonchev–Trinajstić information content (AvgIpc) is 3.18. The van der Waals surface area contributed by atoms with Crippen molar-refractivity contribution >= 4 is 24.4 Å². The van der Waals surface area contributed by atoms with E-state index in [4.69, 9.17) is 0 Å². The molecule has 6 heteroatoms. The van der Waals surface area contributed by atoms with Crippen LogP contribution in [0.1, 0.15) is 11.5 Å². The molecule has 0 aromatic heterocycles. The third kappa shape index (κ3) is 2.36. The Kier molecular flexibility index (Phi) is 3.82. The molecule has 0 saturated carbocycles. The molecule has 2 atom stereocenters. The standard InChI is InChI=1S/C17H17N3O3/c1-19-10-11-20(16(19)23)15(22)17(8-5-9-18-17)14(12-21)13-6-3-2-4-7-13/h2-9,12,14H,10-11H2,1H3. The number of aliphatic imine (C=N–C) groups is 1. The number of nitrogens with zero attached hydrogens (tertiary/aromatic N) is 3. The zero-order valence-electron chi connectivity index (χ0n) is 12.8. The number of imide groups is 1. The van der Waals surface area contributed by atoms with Crippen LogP contribution in [0.5, 0.6) is 0 Å². The Morgan fingerprint density at radius 3 is 2.57 bits per heavy atom. The van der Waals surface area contributed by atoms with E-state index in [0.29, 0.717) is 18.7 Å². The highest BCUT2D eigenvalue weighted by Crippen LogP contribution is 2.36. The van der Waals surface area contributed by atoms with Gasteiger partial charge in [-0.2, -0.15) is 0 Å². The molecule has 1 aromatic rings. The van der Waals surface area contributed by atoms with Gasteiger partial charge in [-0.3, -0.25) is 14.7 Å². The fraction of sp³-hybridized carbons (Fsp3) is 0.294. The van der Waals surface area contributed by atoms with E-state index in [9.17, 15) is 14.4 Å². The summed E-state index contributed by atoms with van der Waals surface area (Å²) in [5, 5.41) is 0. The van der Waals surface area contributed by atoms with E-state index in [1.807, 2.05) is 6.07 Å². The molecule has 118 valence electrons. The van der Waals surface area contributed by atoms with Gasteiger partial charge < -0.3 is 9.69 Å². The van der Waals surface area contributed by atoms with Crippen molar-refractivity contribution in [2.75, 3.05) is 20.1 Å². The topological polar surface area (TPSA) is 70.1 Å². The third-order valence-electron chi connectivity index (χ3n) is 4.30. The smallest absolute Gasteiger partial charge is 0.326 e. The highest BCUT2D eigenvalue weighted by molar-refractivity contribution is 6.06. The first-order valence-electron chi connectivity index (χ1n) is 7.40. The number of amides is 3. The Labute approximate surface area is 134 Å². The van der Waals surface area contributed by atoms with Crippen LogP contribution in [0.3, 0.4) is 0 Å². The van der Waals surface area contributed by atoms with E-state index in [-0.39, 0.29) is 6.03 Å². The van der Waals surface area contributed by atoms with Crippen LogP contribution in [0.2, 0.25) is 0 Å². The Morgan fingerprint density at radius 1 is 1.30 bits per heavy atom. The summed E-state index contributed by atoms with van der Waals surface area (Å²) in [4.78, 5) is 43.9. The zero-order valence-corrected chi connectivity index (χ0v) is 12.8. The minimum atomic E-state index is -1.38. The first-order valence-corrected chi connectivity index (χ1v) is 7.40. The molecule has 2 unspecified atom stereocenters. The molecule has 3 amide bonds. The molecular weight excluding hydrogens is 294 g/mol. The first kappa shape index (κ1) is 15.1. The lowest BCUT2D eigenvalue weighted by Crippen LogP contribution is -2.51.